The Morgan fingerprint density at radius 2 is 1.84 bits per heavy atom. The van der Waals surface area contributed by atoms with Gasteiger partial charge in [0.15, 0.2) is 6.61 Å². The van der Waals surface area contributed by atoms with Gasteiger partial charge in [-0.3, -0.25) is 19.2 Å². The Bertz CT molecular complexity index is 1020. The van der Waals surface area contributed by atoms with Crippen molar-refractivity contribution in [2.45, 2.75) is 26.3 Å². The van der Waals surface area contributed by atoms with E-state index in [1.807, 2.05) is 0 Å². The summed E-state index contributed by atoms with van der Waals surface area (Å²) in [6.45, 7) is 3.03. The Hall–Kier alpha value is -3.88. The molecule has 1 atom stereocenters. The Kier molecular flexibility index (Phi) is 7.43. The van der Waals surface area contributed by atoms with Crippen LogP contribution >= 0.6 is 0 Å². The average molecular weight is 439 g/mol. The van der Waals surface area contributed by atoms with Crippen molar-refractivity contribution in [3.05, 3.63) is 54.1 Å². The molecular formula is C23H25N3O6. The number of nitrogens with one attached hydrogen (secondary N) is 2. The number of nitrogens with zero attached hydrogens (tertiary/aromatic N) is 1. The lowest BCUT2D eigenvalue weighted by Crippen LogP contribution is -2.42. The van der Waals surface area contributed by atoms with Crippen molar-refractivity contribution >= 4 is 35.1 Å². The molecule has 32 heavy (non-hydrogen) atoms. The minimum absolute atomic E-state index is 0.115. The van der Waals surface area contributed by atoms with Crippen LogP contribution in [0.4, 0.5) is 11.4 Å². The van der Waals surface area contributed by atoms with Crippen LogP contribution in [0, 0.1) is 0 Å². The van der Waals surface area contributed by atoms with Gasteiger partial charge >= 0.3 is 5.97 Å². The van der Waals surface area contributed by atoms with Crippen LogP contribution in [-0.2, 0) is 19.1 Å². The number of fused-ring (bicyclic) bond motifs is 1. The zero-order chi connectivity index (χ0) is 23.1. The fourth-order valence-corrected chi connectivity index (χ4v) is 3.41. The lowest BCUT2D eigenvalue weighted by atomic mass is 10.1. The third-order valence-electron chi connectivity index (χ3n) is 4.81. The van der Waals surface area contributed by atoms with Gasteiger partial charge in [0, 0.05) is 12.5 Å². The van der Waals surface area contributed by atoms with Crippen LogP contribution in [-0.4, -0.2) is 49.5 Å². The van der Waals surface area contributed by atoms with Crippen LogP contribution < -0.4 is 20.3 Å². The highest BCUT2D eigenvalue weighted by Gasteiger charge is 2.30. The average Bonchev–Trinajstić information content (AvgIpc) is 2.90. The van der Waals surface area contributed by atoms with Crippen molar-refractivity contribution in [2.24, 2.45) is 0 Å². The van der Waals surface area contributed by atoms with Crippen molar-refractivity contribution in [1.29, 1.82) is 0 Å². The van der Waals surface area contributed by atoms with E-state index in [4.69, 9.17) is 9.47 Å². The molecule has 2 N–H and O–H groups in total. The first-order valence-electron chi connectivity index (χ1n) is 10.3. The highest BCUT2D eigenvalue weighted by atomic mass is 16.5. The van der Waals surface area contributed by atoms with E-state index in [1.165, 1.54) is 4.90 Å². The molecule has 3 rings (SSSR count). The zero-order valence-corrected chi connectivity index (χ0v) is 17.9. The van der Waals surface area contributed by atoms with E-state index in [0.29, 0.717) is 29.3 Å². The lowest BCUT2D eigenvalue weighted by molar-refractivity contribution is -0.146. The molecule has 0 aromatic heterocycles. The van der Waals surface area contributed by atoms with Gasteiger partial charge in [-0.1, -0.05) is 24.3 Å². The normalized spacial score (nSPS) is 15.1. The monoisotopic (exact) mass is 439 g/mol. The molecule has 0 aliphatic carbocycles. The van der Waals surface area contributed by atoms with Crippen LogP contribution in [0.15, 0.2) is 48.5 Å². The number of anilines is 2. The number of para-hydroxylation sites is 3. The number of rotatable bonds is 7. The van der Waals surface area contributed by atoms with Crippen molar-refractivity contribution < 1.29 is 28.7 Å². The van der Waals surface area contributed by atoms with Crippen molar-refractivity contribution in [1.82, 2.24) is 5.32 Å². The summed E-state index contributed by atoms with van der Waals surface area (Å²) in [5.41, 5.74) is 1.35. The highest BCUT2D eigenvalue weighted by Crippen LogP contribution is 2.31. The van der Waals surface area contributed by atoms with Crippen LogP contribution in [0.25, 0.3) is 0 Å². The fourth-order valence-electron chi connectivity index (χ4n) is 3.41. The summed E-state index contributed by atoms with van der Waals surface area (Å²) in [5, 5.41) is 5.23. The molecule has 0 spiro atoms. The largest absolute Gasteiger partial charge is 0.493 e. The van der Waals surface area contributed by atoms with Crippen molar-refractivity contribution in [2.75, 3.05) is 30.0 Å². The first-order chi connectivity index (χ1) is 15.4. The Morgan fingerprint density at radius 1 is 1.12 bits per heavy atom. The van der Waals surface area contributed by atoms with E-state index in [1.54, 1.807) is 62.4 Å². The van der Waals surface area contributed by atoms with Gasteiger partial charge in [-0.15, -0.1) is 0 Å². The standard InChI is InChI=1S/C23H25N3O6/c1-3-31-19-11-7-4-8-16(19)23(30)24-13-22(29)32-14-21(28)26-15(2)12-20(27)25-17-9-5-6-10-18(17)26/h4-11,15H,3,12-14H2,1-2H3,(H,24,30)(H,25,27). The number of hydrogen-bond donors (Lipinski definition) is 2. The first-order valence-corrected chi connectivity index (χ1v) is 10.3. The molecule has 168 valence electrons. The lowest BCUT2D eigenvalue weighted by Gasteiger charge is -2.27. The summed E-state index contributed by atoms with van der Waals surface area (Å²) in [6.07, 6.45) is 0.115. The third kappa shape index (κ3) is 5.42. The van der Waals surface area contributed by atoms with Gasteiger partial charge in [0.1, 0.15) is 12.3 Å². The topological polar surface area (TPSA) is 114 Å². The second-order valence-electron chi connectivity index (χ2n) is 7.15. The molecule has 3 amide bonds. The van der Waals surface area contributed by atoms with Crippen LogP contribution in [0.1, 0.15) is 30.6 Å². The Morgan fingerprint density at radius 3 is 2.62 bits per heavy atom. The van der Waals surface area contributed by atoms with Gasteiger partial charge in [-0.2, -0.15) is 0 Å². The maximum Gasteiger partial charge on any atom is 0.325 e. The molecule has 1 aliphatic rings. The summed E-state index contributed by atoms with van der Waals surface area (Å²) in [6, 6.07) is 13.2. The number of carbonyl (C=O) groups is 4. The number of ether oxygens (including phenoxy) is 2. The molecule has 0 bridgehead atoms. The summed E-state index contributed by atoms with van der Waals surface area (Å²) < 4.78 is 10.5. The van der Waals surface area contributed by atoms with Crippen LogP contribution in [0.5, 0.6) is 5.75 Å². The predicted molar refractivity (Wildman–Crippen MR) is 118 cm³/mol. The van der Waals surface area contributed by atoms with E-state index < -0.39 is 37.0 Å². The summed E-state index contributed by atoms with van der Waals surface area (Å²) in [5.74, 6) is -1.51. The van der Waals surface area contributed by atoms with E-state index >= 15 is 0 Å². The smallest absolute Gasteiger partial charge is 0.325 e. The maximum atomic E-state index is 12.8. The molecule has 9 heteroatoms. The number of esters is 1. The first kappa shape index (κ1) is 22.8. The molecule has 1 aliphatic heterocycles. The number of benzene rings is 2. The predicted octanol–water partition coefficient (Wildman–Crippen LogP) is 2.12. The summed E-state index contributed by atoms with van der Waals surface area (Å²) in [4.78, 5) is 50.8. The summed E-state index contributed by atoms with van der Waals surface area (Å²) in [7, 11) is 0. The number of carbonyl (C=O) groups excluding carboxylic acids is 4. The van der Waals surface area contributed by atoms with Gasteiger partial charge in [-0.05, 0) is 38.1 Å². The van der Waals surface area contributed by atoms with E-state index in [-0.39, 0.29) is 12.3 Å². The molecule has 1 heterocycles. The van der Waals surface area contributed by atoms with Gasteiger partial charge in [0.2, 0.25) is 5.91 Å². The van der Waals surface area contributed by atoms with E-state index in [9.17, 15) is 19.2 Å². The molecule has 0 fully saturated rings. The number of amides is 3. The molecule has 0 radical (unpaired) electrons. The van der Waals surface area contributed by atoms with E-state index in [0.717, 1.165) is 0 Å². The molecule has 1 unspecified atom stereocenters. The molecule has 2 aromatic rings. The Labute approximate surface area is 185 Å². The minimum Gasteiger partial charge on any atom is -0.493 e. The second-order valence-corrected chi connectivity index (χ2v) is 7.15. The number of hydrogen-bond acceptors (Lipinski definition) is 6. The quantitative estimate of drug-likeness (QED) is 0.639. The van der Waals surface area contributed by atoms with E-state index in [2.05, 4.69) is 10.6 Å². The van der Waals surface area contributed by atoms with Gasteiger partial charge in [0.05, 0.1) is 23.5 Å². The third-order valence-corrected chi connectivity index (χ3v) is 4.81. The minimum atomic E-state index is -0.759. The fraction of sp³-hybridized carbons (Fsp3) is 0.304. The summed E-state index contributed by atoms with van der Waals surface area (Å²) >= 11 is 0. The van der Waals surface area contributed by atoms with Gasteiger partial charge < -0.3 is 25.0 Å². The Balaban J connectivity index is 1.58. The van der Waals surface area contributed by atoms with Crippen LogP contribution in [0.2, 0.25) is 0 Å². The van der Waals surface area contributed by atoms with Crippen molar-refractivity contribution in [3.63, 3.8) is 0 Å². The second kappa shape index (κ2) is 10.4. The van der Waals surface area contributed by atoms with Crippen molar-refractivity contribution in [3.8, 4) is 5.75 Å². The molecule has 2 aromatic carbocycles. The SMILES string of the molecule is CCOc1ccccc1C(=O)NCC(=O)OCC(=O)N1c2ccccc2NC(=O)CC1C. The molecule has 9 nitrogen and oxygen atoms in total. The zero-order valence-electron chi connectivity index (χ0n) is 17.9. The maximum absolute atomic E-state index is 12.8. The highest BCUT2D eigenvalue weighted by molar-refractivity contribution is 6.05. The molecular weight excluding hydrogens is 414 g/mol. The van der Waals surface area contributed by atoms with Crippen LogP contribution in [0.3, 0.4) is 0 Å². The molecule has 0 saturated carbocycles. The van der Waals surface area contributed by atoms with Gasteiger partial charge in [-0.25, -0.2) is 0 Å². The molecule has 0 saturated heterocycles. The van der Waals surface area contributed by atoms with Gasteiger partial charge in [0.25, 0.3) is 11.8 Å².